The molecule has 1 fully saturated rings. The Morgan fingerprint density at radius 3 is 2.60 bits per heavy atom. The molecule has 0 spiro atoms. The maximum Gasteiger partial charge on any atom is 0.141 e. The van der Waals surface area contributed by atoms with Gasteiger partial charge in [-0.2, -0.15) is 0 Å². The van der Waals surface area contributed by atoms with Crippen LogP contribution >= 0.6 is 12.2 Å². The zero-order valence-corrected chi connectivity index (χ0v) is 12.6. The van der Waals surface area contributed by atoms with Gasteiger partial charge >= 0.3 is 0 Å². The van der Waals surface area contributed by atoms with Crippen molar-refractivity contribution >= 4 is 23.0 Å². The lowest BCUT2D eigenvalue weighted by atomic mass is 10.1. The Morgan fingerprint density at radius 2 is 2.10 bits per heavy atom. The first-order chi connectivity index (χ1) is 9.61. The van der Waals surface area contributed by atoms with Crippen LogP contribution in [0.2, 0.25) is 0 Å². The molecule has 2 heterocycles. The number of aromatic nitrogens is 1. The number of halogens is 1. The molecule has 1 aromatic heterocycles. The highest BCUT2D eigenvalue weighted by molar-refractivity contribution is 7.80. The summed E-state index contributed by atoms with van der Waals surface area (Å²) in [5, 5.41) is 0. The van der Waals surface area contributed by atoms with Crippen molar-refractivity contribution in [2.75, 3.05) is 31.1 Å². The van der Waals surface area contributed by atoms with Gasteiger partial charge in [-0.1, -0.05) is 25.6 Å². The minimum absolute atomic E-state index is 0.193. The highest BCUT2D eigenvalue weighted by Gasteiger charge is 2.25. The molecule has 1 saturated heterocycles. The highest BCUT2D eigenvalue weighted by Crippen LogP contribution is 2.16. The Balaban J connectivity index is 1.94. The van der Waals surface area contributed by atoms with Crippen LogP contribution in [0, 0.1) is 5.82 Å². The van der Waals surface area contributed by atoms with Gasteiger partial charge in [0.2, 0.25) is 0 Å². The van der Waals surface area contributed by atoms with Gasteiger partial charge in [-0.25, -0.2) is 9.37 Å². The molecule has 0 aromatic carbocycles. The smallest absolute Gasteiger partial charge is 0.141 e. The lowest BCUT2D eigenvalue weighted by molar-refractivity contribution is 0.219. The van der Waals surface area contributed by atoms with Crippen LogP contribution in [0.1, 0.15) is 19.8 Å². The van der Waals surface area contributed by atoms with Gasteiger partial charge in [0.15, 0.2) is 0 Å². The number of thiocarbonyl (C=S) groups is 1. The van der Waals surface area contributed by atoms with E-state index in [1.807, 2.05) is 0 Å². The maximum atomic E-state index is 12.9. The van der Waals surface area contributed by atoms with Crippen molar-refractivity contribution in [2.45, 2.75) is 25.8 Å². The number of anilines is 1. The fraction of sp³-hybridized carbons (Fsp3) is 0.571. The van der Waals surface area contributed by atoms with Crippen molar-refractivity contribution in [3.8, 4) is 0 Å². The summed E-state index contributed by atoms with van der Waals surface area (Å²) in [5.41, 5.74) is 5.84. The normalized spacial score (nSPS) is 18.0. The molecule has 4 nitrogen and oxygen atoms in total. The fourth-order valence-electron chi connectivity index (χ4n) is 2.60. The summed E-state index contributed by atoms with van der Waals surface area (Å²) in [6, 6.07) is 3.37. The number of rotatable bonds is 5. The lowest BCUT2D eigenvalue weighted by Crippen LogP contribution is -2.53. The van der Waals surface area contributed by atoms with Crippen LogP contribution in [0.3, 0.4) is 0 Å². The molecule has 2 N–H and O–H groups in total. The second kappa shape index (κ2) is 6.95. The summed E-state index contributed by atoms with van der Waals surface area (Å²) in [4.78, 5) is 9.21. The zero-order chi connectivity index (χ0) is 14.5. The van der Waals surface area contributed by atoms with Gasteiger partial charge in [-0.15, -0.1) is 0 Å². The molecule has 0 bridgehead atoms. The van der Waals surface area contributed by atoms with Gasteiger partial charge in [0.05, 0.1) is 17.2 Å². The standard InChI is InChI=1S/C14H21FN4S/c1-2-3-12(14(16)20)18-6-8-19(9-7-18)13-5-4-11(15)10-17-13/h4-5,10,12H,2-3,6-9H2,1H3,(H2,16,20). The predicted octanol–water partition coefficient (Wildman–Crippen LogP) is 1.80. The van der Waals surface area contributed by atoms with E-state index < -0.39 is 0 Å². The van der Waals surface area contributed by atoms with E-state index in [9.17, 15) is 4.39 Å². The van der Waals surface area contributed by atoms with Gasteiger partial charge in [0, 0.05) is 26.2 Å². The van der Waals surface area contributed by atoms with Crippen molar-refractivity contribution in [2.24, 2.45) is 5.73 Å². The van der Waals surface area contributed by atoms with Crippen molar-refractivity contribution in [1.29, 1.82) is 0 Å². The van der Waals surface area contributed by atoms with Crippen LogP contribution in [0.5, 0.6) is 0 Å². The molecular weight excluding hydrogens is 275 g/mol. The third kappa shape index (κ3) is 3.64. The molecule has 110 valence electrons. The van der Waals surface area contributed by atoms with Crippen molar-refractivity contribution in [3.05, 3.63) is 24.1 Å². The lowest BCUT2D eigenvalue weighted by Gasteiger charge is -2.39. The molecule has 1 atom stereocenters. The van der Waals surface area contributed by atoms with Gasteiger partial charge in [0.25, 0.3) is 0 Å². The van der Waals surface area contributed by atoms with Gasteiger partial charge in [-0.05, 0) is 18.6 Å². The first kappa shape index (κ1) is 15.1. The van der Waals surface area contributed by atoms with Crippen LogP contribution < -0.4 is 10.6 Å². The van der Waals surface area contributed by atoms with E-state index in [-0.39, 0.29) is 11.9 Å². The monoisotopic (exact) mass is 296 g/mol. The van der Waals surface area contributed by atoms with E-state index in [1.165, 1.54) is 12.3 Å². The van der Waals surface area contributed by atoms with Gasteiger partial charge < -0.3 is 10.6 Å². The fourth-order valence-corrected chi connectivity index (χ4v) is 2.86. The average molecular weight is 296 g/mol. The molecule has 0 amide bonds. The second-order valence-corrected chi connectivity index (χ2v) is 5.54. The SMILES string of the molecule is CCCC(C(N)=S)N1CCN(c2ccc(F)cn2)CC1. The van der Waals surface area contributed by atoms with E-state index in [0.29, 0.717) is 4.99 Å². The molecule has 0 radical (unpaired) electrons. The molecule has 20 heavy (non-hydrogen) atoms. The zero-order valence-electron chi connectivity index (χ0n) is 11.8. The predicted molar refractivity (Wildman–Crippen MR) is 83.5 cm³/mol. The molecule has 1 aliphatic heterocycles. The Hall–Kier alpha value is -1.27. The molecule has 6 heteroatoms. The maximum absolute atomic E-state index is 12.9. The average Bonchev–Trinajstić information content (AvgIpc) is 2.45. The van der Waals surface area contributed by atoms with E-state index in [1.54, 1.807) is 6.07 Å². The third-order valence-electron chi connectivity index (χ3n) is 3.68. The Labute approximate surface area is 124 Å². The molecule has 0 aliphatic carbocycles. The van der Waals surface area contributed by atoms with Crippen molar-refractivity contribution < 1.29 is 4.39 Å². The quantitative estimate of drug-likeness (QED) is 0.840. The largest absolute Gasteiger partial charge is 0.392 e. The van der Waals surface area contributed by atoms with E-state index >= 15 is 0 Å². The minimum Gasteiger partial charge on any atom is -0.392 e. The van der Waals surface area contributed by atoms with E-state index in [0.717, 1.165) is 44.8 Å². The van der Waals surface area contributed by atoms with Crippen molar-refractivity contribution in [1.82, 2.24) is 9.88 Å². The van der Waals surface area contributed by atoms with Gasteiger partial charge in [-0.3, -0.25) is 4.90 Å². The molecule has 1 aliphatic rings. The summed E-state index contributed by atoms with van der Waals surface area (Å²) in [7, 11) is 0. The summed E-state index contributed by atoms with van der Waals surface area (Å²) in [6.07, 6.45) is 3.34. The number of nitrogens with two attached hydrogens (primary N) is 1. The van der Waals surface area contributed by atoms with Crippen LogP contribution in [0.4, 0.5) is 10.2 Å². The Bertz CT molecular complexity index is 443. The van der Waals surface area contributed by atoms with Crippen molar-refractivity contribution in [3.63, 3.8) is 0 Å². The van der Waals surface area contributed by atoms with Gasteiger partial charge in [0.1, 0.15) is 11.6 Å². The van der Waals surface area contributed by atoms with E-state index in [2.05, 4.69) is 21.7 Å². The Kier molecular flexibility index (Phi) is 5.25. The van der Waals surface area contributed by atoms with Crippen LogP contribution in [0.25, 0.3) is 0 Å². The number of pyridine rings is 1. The second-order valence-electron chi connectivity index (χ2n) is 5.06. The van der Waals surface area contributed by atoms with Crippen LogP contribution in [-0.2, 0) is 0 Å². The van der Waals surface area contributed by atoms with Crippen LogP contribution in [0.15, 0.2) is 18.3 Å². The number of piperazine rings is 1. The first-order valence-electron chi connectivity index (χ1n) is 7.01. The summed E-state index contributed by atoms with van der Waals surface area (Å²) < 4.78 is 12.9. The molecule has 1 unspecified atom stereocenters. The topological polar surface area (TPSA) is 45.4 Å². The van der Waals surface area contributed by atoms with E-state index in [4.69, 9.17) is 18.0 Å². The number of nitrogens with zero attached hydrogens (tertiary/aromatic N) is 3. The minimum atomic E-state index is -0.302. The Morgan fingerprint density at radius 1 is 1.40 bits per heavy atom. The molecule has 0 saturated carbocycles. The number of hydrogen-bond donors (Lipinski definition) is 1. The summed E-state index contributed by atoms with van der Waals surface area (Å²) >= 11 is 5.17. The molecular formula is C14H21FN4S. The first-order valence-corrected chi connectivity index (χ1v) is 7.42. The molecule has 1 aromatic rings. The molecule has 2 rings (SSSR count). The van der Waals surface area contributed by atoms with Crippen LogP contribution in [-0.4, -0.2) is 47.1 Å². The summed E-state index contributed by atoms with van der Waals surface area (Å²) in [6.45, 7) is 5.68. The summed E-state index contributed by atoms with van der Waals surface area (Å²) in [5.74, 6) is 0.525. The third-order valence-corrected chi connectivity index (χ3v) is 3.95. The highest BCUT2D eigenvalue weighted by atomic mass is 32.1. The number of hydrogen-bond acceptors (Lipinski definition) is 4.